The molecule has 1 rings (SSSR count). The monoisotopic (exact) mass is 295 g/mol. The fourth-order valence-electron chi connectivity index (χ4n) is 2.08. The molecule has 1 unspecified atom stereocenters. The molecule has 0 saturated carbocycles. The van der Waals surface area contributed by atoms with Crippen molar-refractivity contribution < 1.29 is 14.2 Å². The second-order valence-electron chi connectivity index (χ2n) is 5.11. The molecule has 0 bridgehead atoms. The van der Waals surface area contributed by atoms with Crippen molar-refractivity contribution in [2.24, 2.45) is 0 Å². The van der Waals surface area contributed by atoms with E-state index in [4.69, 9.17) is 14.2 Å². The van der Waals surface area contributed by atoms with Gasteiger partial charge in [0.25, 0.3) is 0 Å². The number of methoxy groups -OCH3 is 2. The van der Waals surface area contributed by atoms with Crippen molar-refractivity contribution in [3.8, 4) is 11.5 Å². The summed E-state index contributed by atoms with van der Waals surface area (Å²) in [5.74, 6) is 1.53. The lowest BCUT2D eigenvalue weighted by Gasteiger charge is -2.16. The van der Waals surface area contributed by atoms with Gasteiger partial charge in [-0.3, -0.25) is 0 Å². The lowest BCUT2D eigenvalue weighted by atomic mass is 10.1. The maximum absolute atomic E-state index is 5.55. The number of hydrogen-bond donors (Lipinski definition) is 1. The van der Waals surface area contributed by atoms with Crippen molar-refractivity contribution in [3.63, 3.8) is 0 Å². The summed E-state index contributed by atoms with van der Waals surface area (Å²) >= 11 is 0. The van der Waals surface area contributed by atoms with Crippen molar-refractivity contribution in [3.05, 3.63) is 23.8 Å². The van der Waals surface area contributed by atoms with Crippen LogP contribution in [-0.4, -0.2) is 34.0 Å². The van der Waals surface area contributed by atoms with Gasteiger partial charge in [0.2, 0.25) is 0 Å². The smallest absolute Gasteiger partial charge is 0.161 e. The number of hydrogen-bond acceptors (Lipinski definition) is 4. The third-order valence-electron chi connectivity index (χ3n) is 3.47. The quantitative estimate of drug-likeness (QED) is 0.634. The van der Waals surface area contributed by atoms with E-state index in [0.717, 1.165) is 44.1 Å². The lowest BCUT2D eigenvalue weighted by Crippen LogP contribution is -2.21. The molecule has 1 N–H and O–H groups in total. The highest BCUT2D eigenvalue weighted by atomic mass is 16.5. The first kappa shape index (κ1) is 17.8. The molecule has 1 atom stereocenters. The number of ether oxygens (including phenoxy) is 3. The second kappa shape index (κ2) is 10.5. The van der Waals surface area contributed by atoms with Crippen LogP contribution in [0.2, 0.25) is 0 Å². The molecule has 0 aliphatic rings. The highest BCUT2D eigenvalue weighted by Gasteiger charge is 2.09. The molecule has 0 saturated heterocycles. The largest absolute Gasteiger partial charge is 0.493 e. The van der Waals surface area contributed by atoms with Crippen molar-refractivity contribution in [1.82, 2.24) is 5.32 Å². The van der Waals surface area contributed by atoms with Gasteiger partial charge >= 0.3 is 0 Å². The molecule has 21 heavy (non-hydrogen) atoms. The van der Waals surface area contributed by atoms with E-state index >= 15 is 0 Å². The molecule has 120 valence electrons. The average Bonchev–Trinajstić information content (AvgIpc) is 2.53. The summed E-state index contributed by atoms with van der Waals surface area (Å²) in [6, 6.07) is 6.31. The van der Waals surface area contributed by atoms with Gasteiger partial charge in [-0.15, -0.1) is 0 Å². The van der Waals surface area contributed by atoms with E-state index in [2.05, 4.69) is 25.2 Å². The minimum Gasteiger partial charge on any atom is -0.493 e. The van der Waals surface area contributed by atoms with Gasteiger partial charge < -0.3 is 19.5 Å². The minimum absolute atomic E-state index is 0.278. The third-order valence-corrected chi connectivity index (χ3v) is 3.47. The van der Waals surface area contributed by atoms with Gasteiger partial charge in [0.15, 0.2) is 11.5 Å². The zero-order valence-corrected chi connectivity index (χ0v) is 13.8. The molecule has 0 fully saturated rings. The zero-order chi connectivity index (χ0) is 15.5. The lowest BCUT2D eigenvalue weighted by molar-refractivity contribution is 0.128. The van der Waals surface area contributed by atoms with Gasteiger partial charge in [0.05, 0.1) is 14.2 Å². The second-order valence-corrected chi connectivity index (χ2v) is 5.11. The molecule has 0 aliphatic heterocycles. The van der Waals surface area contributed by atoms with Crippen LogP contribution >= 0.6 is 0 Å². The molecule has 0 heterocycles. The maximum Gasteiger partial charge on any atom is 0.161 e. The van der Waals surface area contributed by atoms with Crippen LogP contribution in [0, 0.1) is 0 Å². The molecule has 4 nitrogen and oxygen atoms in total. The standard InChI is InChI=1S/C17H29NO3/c1-5-6-11-21-12-7-10-18-14(2)15-8-9-16(19-3)17(13-15)20-4/h8-9,13-14,18H,5-7,10-12H2,1-4H3. The van der Waals surface area contributed by atoms with Gasteiger partial charge in [-0.05, 0) is 44.0 Å². The Labute approximate surface area is 128 Å². The molecule has 0 spiro atoms. The summed E-state index contributed by atoms with van der Waals surface area (Å²) < 4.78 is 16.1. The van der Waals surface area contributed by atoms with Gasteiger partial charge in [-0.2, -0.15) is 0 Å². The van der Waals surface area contributed by atoms with Crippen molar-refractivity contribution in [2.45, 2.75) is 39.2 Å². The fourth-order valence-corrected chi connectivity index (χ4v) is 2.08. The van der Waals surface area contributed by atoms with E-state index in [-0.39, 0.29) is 6.04 Å². The number of rotatable bonds is 11. The van der Waals surface area contributed by atoms with Crippen LogP contribution in [-0.2, 0) is 4.74 Å². The van der Waals surface area contributed by atoms with Crippen molar-refractivity contribution >= 4 is 0 Å². The maximum atomic E-state index is 5.55. The molecule has 0 radical (unpaired) electrons. The van der Waals surface area contributed by atoms with Crippen LogP contribution < -0.4 is 14.8 Å². The van der Waals surface area contributed by atoms with Crippen LogP contribution in [0.5, 0.6) is 11.5 Å². The SMILES string of the molecule is CCCCOCCCNC(C)c1ccc(OC)c(OC)c1. The van der Waals surface area contributed by atoms with E-state index in [0.29, 0.717) is 0 Å². The fraction of sp³-hybridized carbons (Fsp3) is 0.647. The molecular formula is C17H29NO3. The van der Waals surface area contributed by atoms with Gasteiger partial charge in [0, 0.05) is 19.3 Å². The van der Waals surface area contributed by atoms with E-state index in [1.54, 1.807) is 14.2 Å². The Morgan fingerprint density at radius 3 is 2.43 bits per heavy atom. The molecule has 1 aromatic rings. The topological polar surface area (TPSA) is 39.7 Å². The van der Waals surface area contributed by atoms with E-state index in [1.165, 1.54) is 12.0 Å². The number of benzene rings is 1. The number of nitrogens with one attached hydrogen (secondary N) is 1. The predicted molar refractivity (Wildman–Crippen MR) is 86.3 cm³/mol. The van der Waals surface area contributed by atoms with E-state index in [9.17, 15) is 0 Å². The Morgan fingerprint density at radius 1 is 1.05 bits per heavy atom. The zero-order valence-electron chi connectivity index (χ0n) is 13.8. The average molecular weight is 295 g/mol. The Bertz CT molecular complexity index is 396. The summed E-state index contributed by atoms with van der Waals surface area (Å²) in [5.41, 5.74) is 1.19. The van der Waals surface area contributed by atoms with Gasteiger partial charge in [-0.1, -0.05) is 19.4 Å². The molecular weight excluding hydrogens is 266 g/mol. The molecule has 0 aliphatic carbocycles. The molecule has 4 heteroatoms. The van der Waals surface area contributed by atoms with Crippen LogP contribution in [0.1, 0.15) is 44.7 Å². The Morgan fingerprint density at radius 2 is 1.76 bits per heavy atom. The van der Waals surface area contributed by atoms with Crippen molar-refractivity contribution in [1.29, 1.82) is 0 Å². The summed E-state index contributed by atoms with van der Waals surface area (Å²) in [6.07, 6.45) is 3.37. The van der Waals surface area contributed by atoms with Crippen molar-refractivity contribution in [2.75, 3.05) is 34.0 Å². The summed E-state index contributed by atoms with van der Waals surface area (Å²) in [7, 11) is 3.31. The Hall–Kier alpha value is -1.26. The first-order chi connectivity index (χ1) is 10.2. The highest BCUT2D eigenvalue weighted by Crippen LogP contribution is 2.29. The molecule has 0 aromatic heterocycles. The predicted octanol–water partition coefficient (Wildman–Crippen LogP) is 3.56. The van der Waals surface area contributed by atoms with Crippen LogP contribution in [0.3, 0.4) is 0 Å². The van der Waals surface area contributed by atoms with Crippen LogP contribution in [0.25, 0.3) is 0 Å². The number of unbranched alkanes of at least 4 members (excludes halogenated alkanes) is 1. The van der Waals surface area contributed by atoms with E-state index < -0.39 is 0 Å². The third kappa shape index (κ3) is 6.36. The van der Waals surface area contributed by atoms with Gasteiger partial charge in [-0.25, -0.2) is 0 Å². The van der Waals surface area contributed by atoms with Crippen LogP contribution in [0.4, 0.5) is 0 Å². The summed E-state index contributed by atoms with van der Waals surface area (Å²) in [5, 5.41) is 3.50. The first-order valence-electron chi connectivity index (χ1n) is 7.76. The summed E-state index contributed by atoms with van der Waals surface area (Å²) in [6.45, 7) is 6.98. The normalized spacial score (nSPS) is 12.2. The molecule has 1 aromatic carbocycles. The molecule has 0 amide bonds. The highest BCUT2D eigenvalue weighted by molar-refractivity contribution is 5.43. The Kier molecular flexibility index (Phi) is 8.87. The van der Waals surface area contributed by atoms with Crippen LogP contribution in [0.15, 0.2) is 18.2 Å². The first-order valence-corrected chi connectivity index (χ1v) is 7.76. The Balaban J connectivity index is 2.33. The van der Waals surface area contributed by atoms with Gasteiger partial charge in [0.1, 0.15) is 0 Å². The summed E-state index contributed by atoms with van der Waals surface area (Å²) in [4.78, 5) is 0. The van der Waals surface area contributed by atoms with E-state index in [1.807, 2.05) is 12.1 Å². The minimum atomic E-state index is 0.278.